The molecule has 0 atom stereocenters. The number of rotatable bonds is 6. The number of hydrogen-bond donors (Lipinski definition) is 0. The Morgan fingerprint density at radius 3 is 2.29 bits per heavy atom. The van der Waals surface area contributed by atoms with Crippen LogP contribution in [0, 0.1) is 0 Å². The quantitative estimate of drug-likeness (QED) is 0.762. The summed E-state index contributed by atoms with van der Waals surface area (Å²) in [6.07, 6.45) is 1.36. The number of hydrogen-bond acceptors (Lipinski definition) is 3. The highest BCUT2D eigenvalue weighted by molar-refractivity contribution is 7.89. The first-order valence-electron chi connectivity index (χ1n) is 7.44. The molecule has 2 aromatic rings. The van der Waals surface area contributed by atoms with Gasteiger partial charge in [-0.2, -0.15) is 4.31 Å². The molecule has 1 heterocycles. The predicted octanol–water partition coefficient (Wildman–Crippen LogP) is 3.23. The lowest BCUT2D eigenvalue weighted by atomic mass is 10.2. The van der Waals surface area contributed by atoms with E-state index >= 15 is 0 Å². The van der Waals surface area contributed by atoms with Gasteiger partial charge in [-0.25, -0.2) is 8.42 Å². The third kappa shape index (κ3) is 4.00. The lowest BCUT2D eigenvalue weighted by molar-refractivity contribution is 0.444. The molecule has 0 aliphatic rings. The van der Waals surface area contributed by atoms with Crippen LogP contribution in [0.1, 0.15) is 19.4 Å². The van der Waals surface area contributed by atoms with E-state index in [0.29, 0.717) is 23.1 Å². The second kappa shape index (κ2) is 7.70. The van der Waals surface area contributed by atoms with E-state index in [1.54, 1.807) is 32.0 Å². The summed E-state index contributed by atoms with van der Waals surface area (Å²) in [6, 6.07) is 7.63. The van der Waals surface area contributed by atoms with Crippen molar-refractivity contribution in [1.82, 2.24) is 8.87 Å². The number of nitrogens with zero attached hydrogens (tertiary/aromatic N) is 2. The fourth-order valence-corrected chi connectivity index (χ4v) is 4.13. The van der Waals surface area contributed by atoms with Gasteiger partial charge in [0.05, 0.1) is 21.5 Å². The summed E-state index contributed by atoms with van der Waals surface area (Å²) < 4.78 is 27.8. The Balaban J connectivity index is 2.42. The Morgan fingerprint density at radius 2 is 1.71 bits per heavy atom. The smallest absolute Gasteiger partial charge is 0.250 e. The van der Waals surface area contributed by atoms with Crippen LogP contribution in [-0.2, 0) is 16.6 Å². The summed E-state index contributed by atoms with van der Waals surface area (Å²) in [7, 11) is -3.62. The highest BCUT2D eigenvalue weighted by atomic mass is 35.5. The van der Waals surface area contributed by atoms with Crippen molar-refractivity contribution in [3.05, 3.63) is 62.5 Å². The zero-order valence-corrected chi connectivity index (χ0v) is 15.7. The van der Waals surface area contributed by atoms with Crippen molar-refractivity contribution in [1.29, 1.82) is 0 Å². The average molecular weight is 389 g/mol. The number of halogens is 2. The molecule has 2 rings (SSSR count). The molecule has 0 spiro atoms. The number of pyridine rings is 1. The molecule has 0 fully saturated rings. The van der Waals surface area contributed by atoms with Crippen molar-refractivity contribution in [3.63, 3.8) is 0 Å². The van der Waals surface area contributed by atoms with Gasteiger partial charge in [0.2, 0.25) is 10.0 Å². The van der Waals surface area contributed by atoms with E-state index in [0.717, 1.165) is 5.56 Å². The van der Waals surface area contributed by atoms with Gasteiger partial charge < -0.3 is 4.57 Å². The summed E-state index contributed by atoms with van der Waals surface area (Å²) in [5.74, 6) is 0. The Kier molecular flexibility index (Phi) is 6.09. The van der Waals surface area contributed by atoms with E-state index in [1.165, 1.54) is 27.2 Å². The summed E-state index contributed by atoms with van der Waals surface area (Å²) in [4.78, 5) is 12.1. The van der Waals surface area contributed by atoms with Crippen LogP contribution in [0.5, 0.6) is 0 Å². The van der Waals surface area contributed by atoms with Crippen molar-refractivity contribution >= 4 is 33.2 Å². The molecular formula is C16H18Cl2N2O3S. The van der Waals surface area contributed by atoms with E-state index in [2.05, 4.69) is 0 Å². The first-order chi connectivity index (χ1) is 11.3. The van der Waals surface area contributed by atoms with Crippen LogP contribution in [0.15, 0.2) is 46.2 Å². The van der Waals surface area contributed by atoms with E-state index in [9.17, 15) is 13.2 Å². The van der Waals surface area contributed by atoms with Gasteiger partial charge >= 0.3 is 0 Å². The molecule has 24 heavy (non-hydrogen) atoms. The molecule has 0 aliphatic carbocycles. The molecule has 5 nitrogen and oxygen atoms in total. The maximum Gasteiger partial charge on any atom is 0.250 e. The Labute approximate surface area is 151 Å². The molecule has 0 bridgehead atoms. The number of sulfonamides is 1. The SMILES string of the molecule is CCN(CC)S(=O)(=O)c1ccc(=O)n(Cc2ccc(Cl)c(Cl)c2)c1. The first-order valence-corrected chi connectivity index (χ1v) is 9.63. The van der Waals surface area contributed by atoms with Gasteiger partial charge in [-0.15, -0.1) is 0 Å². The van der Waals surface area contributed by atoms with E-state index in [4.69, 9.17) is 23.2 Å². The fourth-order valence-electron chi connectivity index (χ4n) is 2.33. The molecule has 0 unspecified atom stereocenters. The van der Waals surface area contributed by atoms with Crippen LogP contribution in [0.3, 0.4) is 0 Å². The molecule has 0 aliphatic heterocycles. The summed E-state index contributed by atoms with van der Waals surface area (Å²) in [5.41, 5.74) is 0.462. The Bertz CT molecular complexity index is 890. The van der Waals surface area contributed by atoms with Gasteiger partial charge in [0.1, 0.15) is 0 Å². The van der Waals surface area contributed by atoms with E-state index in [1.807, 2.05) is 0 Å². The van der Waals surface area contributed by atoms with Gasteiger partial charge in [0.15, 0.2) is 0 Å². The van der Waals surface area contributed by atoms with Crippen LogP contribution in [0.2, 0.25) is 10.0 Å². The van der Waals surface area contributed by atoms with E-state index < -0.39 is 10.0 Å². The van der Waals surface area contributed by atoms with Crippen molar-refractivity contribution in [2.45, 2.75) is 25.3 Å². The normalized spacial score (nSPS) is 11.9. The van der Waals surface area contributed by atoms with Crippen molar-refractivity contribution < 1.29 is 8.42 Å². The third-order valence-corrected chi connectivity index (χ3v) is 6.41. The van der Waals surface area contributed by atoms with Crippen LogP contribution in [0.4, 0.5) is 0 Å². The van der Waals surface area contributed by atoms with Crippen LogP contribution >= 0.6 is 23.2 Å². The Hall–Kier alpha value is -1.34. The monoisotopic (exact) mass is 388 g/mol. The minimum atomic E-state index is -3.62. The predicted molar refractivity (Wildman–Crippen MR) is 96.4 cm³/mol. The molecule has 1 aromatic heterocycles. The maximum atomic E-state index is 12.6. The second-order valence-corrected chi connectivity index (χ2v) is 7.92. The highest BCUT2D eigenvalue weighted by Crippen LogP contribution is 2.23. The molecule has 0 N–H and O–H groups in total. The molecule has 0 radical (unpaired) electrons. The lowest BCUT2D eigenvalue weighted by Gasteiger charge is -2.19. The van der Waals surface area contributed by atoms with Crippen molar-refractivity contribution in [2.24, 2.45) is 0 Å². The van der Waals surface area contributed by atoms with Gasteiger partial charge in [-0.1, -0.05) is 43.1 Å². The van der Waals surface area contributed by atoms with Crippen LogP contribution in [0.25, 0.3) is 0 Å². The maximum absolute atomic E-state index is 12.6. The van der Waals surface area contributed by atoms with Gasteiger partial charge in [0, 0.05) is 25.4 Å². The van der Waals surface area contributed by atoms with Crippen molar-refractivity contribution in [2.75, 3.05) is 13.1 Å². The Morgan fingerprint density at radius 1 is 1.04 bits per heavy atom. The number of benzene rings is 1. The van der Waals surface area contributed by atoms with E-state index in [-0.39, 0.29) is 17.0 Å². The molecule has 0 saturated heterocycles. The van der Waals surface area contributed by atoms with Crippen molar-refractivity contribution in [3.8, 4) is 0 Å². The molecule has 8 heteroatoms. The second-order valence-electron chi connectivity index (χ2n) is 5.17. The molecule has 0 saturated carbocycles. The van der Waals surface area contributed by atoms with Gasteiger partial charge in [-0.3, -0.25) is 4.79 Å². The average Bonchev–Trinajstić information content (AvgIpc) is 2.53. The number of aromatic nitrogens is 1. The molecule has 130 valence electrons. The first kappa shape index (κ1) is 19.0. The zero-order chi connectivity index (χ0) is 17.9. The zero-order valence-electron chi connectivity index (χ0n) is 13.4. The summed E-state index contributed by atoms with van der Waals surface area (Å²) >= 11 is 11.9. The fraction of sp³-hybridized carbons (Fsp3) is 0.312. The summed E-state index contributed by atoms with van der Waals surface area (Å²) in [6.45, 7) is 4.48. The third-order valence-electron chi connectivity index (χ3n) is 3.64. The highest BCUT2D eigenvalue weighted by Gasteiger charge is 2.22. The van der Waals surface area contributed by atoms with Crippen LogP contribution in [-0.4, -0.2) is 30.4 Å². The minimum Gasteiger partial charge on any atom is -0.310 e. The van der Waals surface area contributed by atoms with Crippen LogP contribution < -0.4 is 5.56 Å². The lowest BCUT2D eigenvalue weighted by Crippen LogP contribution is -2.32. The van der Waals surface area contributed by atoms with Gasteiger partial charge in [-0.05, 0) is 23.8 Å². The molecule has 0 amide bonds. The minimum absolute atomic E-state index is 0.0888. The topological polar surface area (TPSA) is 59.4 Å². The summed E-state index contributed by atoms with van der Waals surface area (Å²) in [5, 5.41) is 0.805. The molecular weight excluding hydrogens is 371 g/mol. The van der Waals surface area contributed by atoms with Gasteiger partial charge in [0.25, 0.3) is 5.56 Å². The molecule has 1 aromatic carbocycles. The largest absolute Gasteiger partial charge is 0.310 e. The standard InChI is InChI=1S/C16H18Cl2N2O3S/c1-3-20(4-2)24(22,23)13-6-8-16(21)19(11-13)10-12-5-7-14(17)15(18)9-12/h5-9,11H,3-4,10H2,1-2H3.